The second-order valence-corrected chi connectivity index (χ2v) is 5.61. The summed E-state index contributed by atoms with van der Waals surface area (Å²) in [4.78, 5) is 11.7. The van der Waals surface area contributed by atoms with Crippen LogP contribution in [0.4, 0.5) is 0 Å². The molecule has 1 aromatic carbocycles. The number of rotatable bonds is 7. The Kier molecular flexibility index (Phi) is 4.97. The number of aliphatic hydroxyl groups excluding tert-OH is 1. The Morgan fingerprint density at radius 1 is 1.37 bits per heavy atom. The van der Waals surface area contributed by atoms with Crippen LogP contribution in [-0.2, 0) is 4.79 Å². The largest absolute Gasteiger partial charge is 0.388 e. The van der Waals surface area contributed by atoms with Crippen molar-refractivity contribution in [1.29, 1.82) is 0 Å². The lowest BCUT2D eigenvalue weighted by Crippen LogP contribution is -2.33. The lowest BCUT2D eigenvalue weighted by molar-refractivity contribution is -0.122. The summed E-state index contributed by atoms with van der Waals surface area (Å²) >= 11 is 0. The first kappa shape index (κ1) is 14.1. The number of hydrogen-bond acceptors (Lipinski definition) is 2. The molecule has 0 heterocycles. The van der Waals surface area contributed by atoms with Crippen molar-refractivity contribution in [1.82, 2.24) is 5.32 Å². The van der Waals surface area contributed by atoms with Gasteiger partial charge in [-0.05, 0) is 31.2 Å². The van der Waals surface area contributed by atoms with Crippen LogP contribution in [0.2, 0.25) is 0 Å². The third-order valence-electron chi connectivity index (χ3n) is 3.65. The Morgan fingerprint density at radius 3 is 2.68 bits per heavy atom. The zero-order chi connectivity index (χ0) is 13.7. The number of benzene rings is 1. The summed E-state index contributed by atoms with van der Waals surface area (Å²) in [6.07, 6.45) is 4.25. The van der Waals surface area contributed by atoms with Gasteiger partial charge in [-0.15, -0.1) is 0 Å². The molecule has 2 atom stereocenters. The minimum Gasteiger partial charge on any atom is -0.388 e. The molecule has 3 heteroatoms. The molecule has 104 valence electrons. The van der Waals surface area contributed by atoms with Crippen molar-refractivity contribution in [2.24, 2.45) is 5.92 Å². The molecule has 0 spiro atoms. The third-order valence-corrected chi connectivity index (χ3v) is 3.65. The summed E-state index contributed by atoms with van der Waals surface area (Å²) in [6, 6.07) is 9.58. The summed E-state index contributed by atoms with van der Waals surface area (Å²) in [6.45, 7) is 1.95. The lowest BCUT2D eigenvalue weighted by atomic mass is 10.0. The van der Waals surface area contributed by atoms with Gasteiger partial charge in [-0.3, -0.25) is 4.79 Å². The molecule has 0 saturated heterocycles. The van der Waals surface area contributed by atoms with E-state index in [-0.39, 0.29) is 11.9 Å². The molecule has 1 amide bonds. The number of carbonyl (C=O) groups is 1. The van der Waals surface area contributed by atoms with Crippen LogP contribution in [0.3, 0.4) is 0 Å². The Hall–Kier alpha value is -1.35. The number of nitrogens with one attached hydrogen (secondary N) is 1. The highest BCUT2D eigenvalue weighted by Crippen LogP contribution is 2.33. The van der Waals surface area contributed by atoms with Gasteiger partial charge in [0.05, 0.1) is 6.10 Å². The van der Waals surface area contributed by atoms with Crippen molar-refractivity contribution < 1.29 is 9.90 Å². The molecular weight excluding hydrogens is 238 g/mol. The molecular formula is C16H23NO2. The Balaban J connectivity index is 1.70. The van der Waals surface area contributed by atoms with Gasteiger partial charge in [0.2, 0.25) is 5.91 Å². The predicted molar refractivity (Wildman–Crippen MR) is 75.6 cm³/mol. The topological polar surface area (TPSA) is 49.3 Å². The monoisotopic (exact) mass is 261 g/mol. The number of carbonyl (C=O) groups excluding carboxylic acids is 1. The van der Waals surface area contributed by atoms with E-state index in [1.165, 1.54) is 12.8 Å². The van der Waals surface area contributed by atoms with Crippen molar-refractivity contribution in [3.05, 3.63) is 35.9 Å². The Bertz CT molecular complexity index is 400. The quantitative estimate of drug-likeness (QED) is 0.793. The second kappa shape index (κ2) is 6.71. The van der Waals surface area contributed by atoms with E-state index in [4.69, 9.17) is 0 Å². The Morgan fingerprint density at radius 2 is 2.05 bits per heavy atom. The molecule has 1 saturated carbocycles. The maximum atomic E-state index is 11.7. The summed E-state index contributed by atoms with van der Waals surface area (Å²) < 4.78 is 0. The maximum Gasteiger partial charge on any atom is 0.220 e. The van der Waals surface area contributed by atoms with Crippen molar-refractivity contribution in [2.75, 3.05) is 0 Å². The first-order valence-electron chi connectivity index (χ1n) is 7.17. The molecule has 19 heavy (non-hydrogen) atoms. The molecule has 1 aliphatic rings. The molecule has 2 N–H and O–H groups in total. The van der Waals surface area contributed by atoms with Gasteiger partial charge < -0.3 is 10.4 Å². The van der Waals surface area contributed by atoms with E-state index in [0.29, 0.717) is 12.8 Å². The van der Waals surface area contributed by atoms with Crippen LogP contribution in [0.25, 0.3) is 0 Å². The van der Waals surface area contributed by atoms with Crippen LogP contribution in [0.1, 0.15) is 50.7 Å². The van der Waals surface area contributed by atoms with Gasteiger partial charge in [0, 0.05) is 12.5 Å². The average molecular weight is 261 g/mol. The zero-order valence-corrected chi connectivity index (χ0v) is 11.5. The molecule has 3 nitrogen and oxygen atoms in total. The van der Waals surface area contributed by atoms with E-state index in [1.807, 2.05) is 37.3 Å². The smallest absolute Gasteiger partial charge is 0.220 e. The number of amides is 1. The van der Waals surface area contributed by atoms with Gasteiger partial charge in [0.25, 0.3) is 0 Å². The minimum atomic E-state index is -0.514. The lowest BCUT2D eigenvalue weighted by Gasteiger charge is -2.18. The number of aliphatic hydroxyl groups is 1. The summed E-state index contributed by atoms with van der Waals surface area (Å²) in [5, 5.41) is 13.0. The van der Waals surface area contributed by atoms with Crippen LogP contribution in [-0.4, -0.2) is 17.1 Å². The summed E-state index contributed by atoms with van der Waals surface area (Å²) in [5.74, 6) is 0.899. The molecule has 1 aliphatic carbocycles. The minimum absolute atomic E-state index is 0.00177. The van der Waals surface area contributed by atoms with Gasteiger partial charge in [-0.1, -0.05) is 43.2 Å². The first-order chi connectivity index (χ1) is 9.15. The Labute approximate surface area is 115 Å². The third kappa shape index (κ3) is 5.03. The second-order valence-electron chi connectivity index (χ2n) is 5.61. The van der Waals surface area contributed by atoms with Gasteiger partial charge in [-0.25, -0.2) is 0 Å². The van der Waals surface area contributed by atoms with Crippen molar-refractivity contribution in [3.8, 4) is 0 Å². The van der Waals surface area contributed by atoms with E-state index < -0.39 is 6.10 Å². The van der Waals surface area contributed by atoms with E-state index in [1.54, 1.807) is 0 Å². The molecule has 1 fully saturated rings. The normalized spacial score (nSPS) is 17.8. The molecule has 2 rings (SSSR count). The van der Waals surface area contributed by atoms with E-state index in [0.717, 1.165) is 17.9 Å². The molecule has 1 aromatic rings. The highest BCUT2D eigenvalue weighted by atomic mass is 16.3. The van der Waals surface area contributed by atoms with Crippen molar-refractivity contribution >= 4 is 5.91 Å². The van der Waals surface area contributed by atoms with Gasteiger partial charge >= 0.3 is 0 Å². The van der Waals surface area contributed by atoms with Gasteiger partial charge in [0.1, 0.15) is 0 Å². The fourth-order valence-corrected chi connectivity index (χ4v) is 2.29. The highest BCUT2D eigenvalue weighted by molar-refractivity contribution is 5.76. The van der Waals surface area contributed by atoms with Crippen LogP contribution >= 0.6 is 0 Å². The highest BCUT2D eigenvalue weighted by Gasteiger charge is 2.22. The predicted octanol–water partition coefficient (Wildman–Crippen LogP) is 2.81. The zero-order valence-electron chi connectivity index (χ0n) is 11.5. The molecule has 0 aromatic heterocycles. The summed E-state index contributed by atoms with van der Waals surface area (Å²) in [7, 11) is 0. The van der Waals surface area contributed by atoms with Gasteiger partial charge in [0.15, 0.2) is 0 Å². The van der Waals surface area contributed by atoms with Crippen LogP contribution in [0, 0.1) is 5.92 Å². The first-order valence-corrected chi connectivity index (χ1v) is 7.17. The van der Waals surface area contributed by atoms with E-state index >= 15 is 0 Å². The average Bonchev–Trinajstić information content (AvgIpc) is 3.21. The number of hydrogen-bond donors (Lipinski definition) is 2. The van der Waals surface area contributed by atoms with Crippen LogP contribution in [0.5, 0.6) is 0 Å². The van der Waals surface area contributed by atoms with Crippen molar-refractivity contribution in [3.63, 3.8) is 0 Å². The maximum absolute atomic E-state index is 11.7. The SMILES string of the molecule is CC(CC(O)c1ccccc1)NC(=O)CCC1CC1. The van der Waals surface area contributed by atoms with E-state index in [9.17, 15) is 9.90 Å². The van der Waals surface area contributed by atoms with Crippen molar-refractivity contribution in [2.45, 2.75) is 51.2 Å². The standard InChI is InChI=1S/C16H23NO2/c1-12(17-16(19)10-9-13-7-8-13)11-15(18)14-5-3-2-4-6-14/h2-6,12-13,15,18H,7-11H2,1H3,(H,17,19). The van der Waals surface area contributed by atoms with Gasteiger partial charge in [-0.2, -0.15) is 0 Å². The van der Waals surface area contributed by atoms with E-state index in [2.05, 4.69) is 5.32 Å². The molecule has 0 radical (unpaired) electrons. The van der Waals surface area contributed by atoms with Crippen LogP contribution in [0.15, 0.2) is 30.3 Å². The fraction of sp³-hybridized carbons (Fsp3) is 0.562. The molecule has 0 bridgehead atoms. The summed E-state index contributed by atoms with van der Waals surface area (Å²) in [5.41, 5.74) is 0.904. The van der Waals surface area contributed by atoms with Crippen LogP contribution < -0.4 is 5.32 Å². The molecule has 2 unspecified atom stereocenters. The molecule has 0 aliphatic heterocycles. The fourth-order valence-electron chi connectivity index (χ4n) is 2.29.